The van der Waals surface area contributed by atoms with Crippen molar-refractivity contribution >= 4 is 0 Å². The maximum Gasteiger partial charge on any atom is 0.127 e. The topological polar surface area (TPSA) is 27.0 Å². The highest BCUT2D eigenvalue weighted by Gasteiger charge is 2.36. The van der Waals surface area contributed by atoms with Crippen molar-refractivity contribution in [2.45, 2.75) is 24.8 Å². The molecule has 0 aliphatic carbocycles. The number of hydrogen-bond donors (Lipinski definition) is 0. The van der Waals surface area contributed by atoms with Crippen LogP contribution in [-0.2, 0) is 12.0 Å². The first-order valence-corrected chi connectivity index (χ1v) is 7.66. The van der Waals surface area contributed by atoms with Gasteiger partial charge in [-0.2, -0.15) is 5.26 Å². The standard InChI is InChI=1S/C19H19FN2/c20-18-9-5-4-6-16(18)14-22-12-10-19(15-21,11-13-22)17-7-2-1-3-8-17/h1-9H,10-14H2. The van der Waals surface area contributed by atoms with Gasteiger partial charge in [0.1, 0.15) is 5.82 Å². The molecule has 3 rings (SSSR count). The lowest BCUT2D eigenvalue weighted by molar-refractivity contribution is 0.177. The Balaban J connectivity index is 1.70. The van der Waals surface area contributed by atoms with Crippen molar-refractivity contribution in [1.82, 2.24) is 4.90 Å². The molecule has 1 saturated heterocycles. The third kappa shape index (κ3) is 2.88. The van der Waals surface area contributed by atoms with Crippen molar-refractivity contribution in [1.29, 1.82) is 5.26 Å². The maximum atomic E-state index is 13.7. The first-order chi connectivity index (χ1) is 10.7. The van der Waals surface area contributed by atoms with Crippen LogP contribution in [0.4, 0.5) is 4.39 Å². The predicted octanol–water partition coefficient (Wildman–Crippen LogP) is 3.88. The second-order valence-electron chi connectivity index (χ2n) is 5.93. The summed E-state index contributed by atoms with van der Waals surface area (Å²) in [7, 11) is 0. The number of benzene rings is 2. The van der Waals surface area contributed by atoms with E-state index in [1.54, 1.807) is 6.07 Å². The molecule has 2 nitrogen and oxygen atoms in total. The molecular formula is C19H19FN2. The van der Waals surface area contributed by atoms with Gasteiger partial charge in [-0.15, -0.1) is 0 Å². The third-order valence-electron chi connectivity index (χ3n) is 4.60. The lowest BCUT2D eigenvalue weighted by Gasteiger charge is -2.37. The number of hydrogen-bond acceptors (Lipinski definition) is 2. The Hall–Kier alpha value is -2.18. The number of piperidine rings is 1. The van der Waals surface area contributed by atoms with E-state index in [2.05, 4.69) is 11.0 Å². The van der Waals surface area contributed by atoms with Crippen LogP contribution in [0, 0.1) is 17.1 Å². The second kappa shape index (κ2) is 6.29. The van der Waals surface area contributed by atoms with Gasteiger partial charge >= 0.3 is 0 Å². The van der Waals surface area contributed by atoms with Gasteiger partial charge in [0.05, 0.1) is 11.5 Å². The van der Waals surface area contributed by atoms with Crippen molar-refractivity contribution in [2.24, 2.45) is 0 Å². The van der Waals surface area contributed by atoms with Crippen LogP contribution in [0.15, 0.2) is 54.6 Å². The molecule has 1 aliphatic rings. The Kier molecular flexibility index (Phi) is 4.22. The average Bonchev–Trinajstić information content (AvgIpc) is 2.59. The summed E-state index contributed by atoms with van der Waals surface area (Å²) < 4.78 is 13.7. The van der Waals surface area contributed by atoms with Gasteiger partial charge in [-0.05, 0) is 24.5 Å². The fraction of sp³-hybridized carbons (Fsp3) is 0.316. The van der Waals surface area contributed by atoms with E-state index in [0.29, 0.717) is 6.54 Å². The van der Waals surface area contributed by atoms with Crippen LogP contribution in [0.25, 0.3) is 0 Å². The molecular weight excluding hydrogens is 275 g/mol. The van der Waals surface area contributed by atoms with Gasteiger partial charge in [0.25, 0.3) is 0 Å². The minimum atomic E-state index is -0.396. The van der Waals surface area contributed by atoms with Crippen LogP contribution >= 0.6 is 0 Å². The van der Waals surface area contributed by atoms with E-state index < -0.39 is 5.41 Å². The van der Waals surface area contributed by atoms with Crippen LogP contribution in [0.1, 0.15) is 24.0 Å². The van der Waals surface area contributed by atoms with Crippen molar-refractivity contribution in [3.63, 3.8) is 0 Å². The molecule has 0 saturated carbocycles. The highest BCUT2D eigenvalue weighted by molar-refractivity contribution is 5.33. The molecule has 0 unspecified atom stereocenters. The van der Waals surface area contributed by atoms with E-state index in [4.69, 9.17) is 0 Å². The van der Waals surface area contributed by atoms with Crippen LogP contribution in [0.5, 0.6) is 0 Å². The van der Waals surface area contributed by atoms with E-state index in [-0.39, 0.29) is 5.82 Å². The highest BCUT2D eigenvalue weighted by atomic mass is 19.1. The molecule has 3 heteroatoms. The lowest BCUT2D eigenvalue weighted by atomic mass is 9.74. The molecule has 1 fully saturated rings. The van der Waals surface area contributed by atoms with E-state index in [1.807, 2.05) is 42.5 Å². The first kappa shape index (κ1) is 14.7. The molecule has 0 N–H and O–H groups in total. The summed E-state index contributed by atoms with van der Waals surface area (Å²) in [6.07, 6.45) is 1.59. The molecule has 1 heterocycles. The molecule has 0 bridgehead atoms. The largest absolute Gasteiger partial charge is 0.299 e. The molecule has 2 aromatic rings. The number of halogens is 1. The molecule has 2 aromatic carbocycles. The van der Waals surface area contributed by atoms with Gasteiger partial charge < -0.3 is 0 Å². The summed E-state index contributed by atoms with van der Waals surface area (Å²) in [4.78, 5) is 2.23. The summed E-state index contributed by atoms with van der Waals surface area (Å²) in [5.41, 5.74) is 1.43. The van der Waals surface area contributed by atoms with E-state index in [9.17, 15) is 9.65 Å². The average molecular weight is 294 g/mol. The Morgan fingerprint density at radius 2 is 1.64 bits per heavy atom. The quantitative estimate of drug-likeness (QED) is 0.859. The Morgan fingerprint density at radius 3 is 2.27 bits per heavy atom. The molecule has 0 atom stereocenters. The minimum absolute atomic E-state index is 0.150. The Labute approximate surface area is 130 Å². The fourth-order valence-corrected chi connectivity index (χ4v) is 3.18. The van der Waals surface area contributed by atoms with Crippen molar-refractivity contribution in [2.75, 3.05) is 13.1 Å². The van der Waals surface area contributed by atoms with E-state index in [0.717, 1.165) is 37.1 Å². The SMILES string of the molecule is N#CC1(c2ccccc2)CCN(Cc2ccccc2F)CC1. The molecule has 112 valence electrons. The van der Waals surface area contributed by atoms with Crippen LogP contribution in [0.2, 0.25) is 0 Å². The smallest absolute Gasteiger partial charge is 0.127 e. The molecule has 0 amide bonds. The van der Waals surface area contributed by atoms with Crippen LogP contribution in [-0.4, -0.2) is 18.0 Å². The summed E-state index contributed by atoms with van der Waals surface area (Å²) in [6.45, 7) is 2.25. The van der Waals surface area contributed by atoms with Crippen LogP contribution < -0.4 is 0 Å². The second-order valence-corrected chi connectivity index (χ2v) is 5.93. The number of nitrogens with zero attached hydrogens (tertiary/aromatic N) is 2. The van der Waals surface area contributed by atoms with Crippen LogP contribution in [0.3, 0.4) is 0 Å². The van der Waals surface area contributed by atoms with Gasteiger partial charge in [-0.3, -0.25) is 4.90 Å². The first-order valence-electron chi connectivity index (χ1n) is 7.66. The zero-order valence-corrected chi connectivity index (χ0v) is 12.5. The molecule has 0 aromatic heterocycles. The number of likely N-dealkylation sites (tertiary alicyclic amines) is 1. The maximum absolute atomic E-state index is 13.7. The molecule has 0 spiro atoms. The zero-order valence-electron chi connectivity index (χ0n) is 12.5. The summed E-state index contributed by atoms with van der Waals surface area (Å²) in [5, 5.41) is 9.69. The molecule has 22 heavy (non-hydrogen) atoms. The van der Waals surface area contributed by atoms with E-state index in [1.165, 1.54) is 6.07 Å². The number of rotatable bonds is 3. The van der Waals surface area contributed by atoms with E-state index >= 15 is 0 Å². The predicted molar refractivity (Wildman–Crippen MR) is 84.6 cm³/mol. The summed E-state index contributed by atoms with van der Waals surface area (Å²) in [6, 6.07) is 19.5. The number of nitriles is 1. The molecule has 0 radical (unpaired) electrons. The normalized spacial score (nSPS) is 17.8. The third-order valence-corrected chi connectivity index (χ3v) is 4.60. The fourth-order valence-electron chi connectivity index (χ4n) is 3.18. The van der Waals surface area contributed by atoms with Crippen molar-refractivity contribution < 1.29 is 4.39 Å². The monoisotopic (exact) mass is 294 g/mol. The van der Waals surface area contributed by atoms with Crippen molar-refractivity contribution in [3.8, 4) is 6.07 Å². The lowest BCUT2D eigenvalue weighted by Crippen LogP contribution is -2.41. The van der Waals surface area contributed by atoms with Gasteiger partial charge in [0.2, 0.25) is 0 Å². The zero-order chi connectivity index (χ0) is 15.4. The molecule has 1 aliphatic heterocycles. The van der Waals surface area contributed by atoms with Gasteiger partial charge in [-0.1, -0.05) is 48.5 Å². The van der Waals surface area contributed by atoms with Gasteiger partial charge in [0, 0.05) is 25.2 Å². The minimum Gasteiger partial charge on any atom is -0.299 e. The Morgan fingerprint density at radius 1 is 1.00 bits per heavy atom. The summed E-state index contributed by atoms with van der Waals surface area (Å²) >= 11 is 0. The van der Waals surface area contributed by atoms with Gasteiger partial charge in [0.15, 0.2) is 0 Å². The Bertz CT molecular complexity index is 667. The van der Waals surface area contributed by atoms with Gasteiger partial charge in [-0.25, -0.2) is 4.39 Å². The summed E-state index contributed by atoms with van der Waals surface area (Å²) in [5.74, 6) is -0.150. The van der Waals surface area contributed by atoms with Crippen molar-refractivity contribution in [3.05, 3.63) is 71.5 Å². The highest BCUT2D eigenvalue weighted by Crippen LogP contribution is 2.35.